The summed E-state index contributed by atoms with van der Waals surface area (Å²) in [5.74, 6) is -0.255. The highest BCUT2D eigenvalue weighted by atomic mass is 35.5. The Morgan fingerprint density at radius 1 is 1.46 bits per heavy atom. The van der Waals surface area contributed by atoms with Crippen molar-refractivity contribution in [2.45, 2.75) is 32.2 Å². The van der Waals surface area contributed by atoms with Gasteiger partial charge in [0.25, 0.3) is 5.91 Å². The summed E-state index contributed by atoms with van der Waals surface area (Å²) in [4.78, 5) is 26.7. The van der Waals surface area contributed by atoms with Crippen LogP contribution >= 0.6 is 11.6 Å². The zero-order valence-electron chi connectivity index (χ0n) is 13.5. The highest BCUT2D eigenvalue weighted by Crippen LogP contribution is 2.25. The third-order valence-electron chi connectivity index (χ3n) is 4.12. The number of amides is 2. The molecule has 3 rings (SSSR count). The van der Waals surface area contributed by atoms with E-state index in [1.807, 2.05) is 19.9 Å². The molecule has 1 aromatic carbocycles. The minimum atomic E-state index is -0.536. The summed E-state index contributed by atoms with van der Waals surface area (Å²) in [6, 6.07) is 6.61. The van der Waals surface area contributed by atoms with Crippen LogP contribution in [0.25, 0.3) is 0 Å². The first-order valence-electron chi connectivity index (χ1n) is 7.88. The van der Waals surface area contributed by atoms with Crippen LogP contribution in [0.5, 0.6) is 0 Å². The molecule has 126 valence electrons. The van der Waals surface area contributed by atoms with Gasteiger partial charge >= 0.3 is 0 Å². The number of aromatic amines is 1. The minimum absolute atomic E-state index is 0.125. The predicted molar refractivity (Wildman–Crippen MR) is 92.4 cm³/mol. The lowest BCUT2D eigenvalue weighted by atomic mass is 10.1. The summed E-state index contributed by atoms with van der Waals surface area (Å²) in [6.07, 6.45) is 2.06. The van der Waals surface area contributed by atoms with E-state index in [0.717, 1.165) is 11.4 Å². The Labute approximate surface area is 145 Å². The molecule has 7 heteroatoms. The second-order valence-electron chi connectivity index (χ2n) is 6.14. The van der Waals surface area contributed by atoms with Crippen LogP contribution in [0, 0.1) is 0 Å². The molecule has 1 aliphatic heterocycles. The normalized spacial score (nSPS) is 17.6. The first kappa shape index (κ1) is 16.5. The van der Waals surface area contributed by atoms with Crippen molar-refractivity contribution in [1.82, 2.24) is 15.5 Å². The number of hydrogen-bond acceptors (Lipinski definition) is 3. The van der Waals surface area contributed by atoms with E-state index in [2.05, 4.69) is 15.5 Å². The average Bonchev–Trinajstić information content (AvgIpc) is 3.15. The monoisotopic (exact) mass is 346 g/mol. The van der Waals surface area contributed by atoms with Crippen molar-refractivity contribution in [3.05, 3.63) is 46.7 Å². The third kappa shape index (κ3) is 3.14. The van der Waals surface area contributed by atoms with Gasteiger partial charge < -0.3 is 10.2 Å². The number of nitrogens with zero attached hydrogens (tertiary/aromatic N) is 2. The second kappa shape index (κ2) is 6.65. The van der Waals surface area contributed by atoms with E-state index in [9.17, 15) is 9.59 Å². The van der Waals surface area contributed by atoms with Crippen LogP contribution in [0.2, 0.25) is 5.02 Å². The fourth-order valence-electron chi connectivity index (χ4n) is 2.87. The van der Waals surface area contributed by atoms with E-state index in [-0.39, 0.29) is 17.7 Å². The lowest BCUT2D eigenvalue weighted by molar-refractivity contribution is -0.118. The quantitative estimate of drug-likeness (QED) is 0.893. The van der Waals surface area contributed by atoms with Crippen molar-refractivity contribution >= 4 is 29.1 Å². The van der Waals surface area contributed by atoms with Gasteiger partial charge in [0.05, 0.1) is 17.5 Å². The molecule has 0 aliphatic carbocycles. The number of nitrogens with one attached hydrogen (secondary N) is 2. The second-order valence-corrected chi connectivity index (χ2v) is 6.57. The molecule has 0 spiro atoms. The third-order valence-corrected chi connectivity index (χ3v) is 4.36. The van der Waals surface area contributed by atoms with Crippen LogP contribution in [0.15, 0.2) is 30.5 Å². The van der Waals surface area contributed by atoms with Gasteiger partial charge in [-0.25, -0.2) is 0 Å². The highest BCUT2D eigenvalue weighted by molar-refractivity contribution is 6.31. The maximum Gasteiger partial charge on any atom is 0.255 e. The zero-order valence-corrected chi connectivity index (χ0v) is 14.3. The number of halogens is 1. The summed E-state index contributed by atoms with van der Waals surface area (Å²) in [6.45, 7) is 4.50. The Kier molecular flexibility index (Phi) is 4.57. The Hall–Kier alpha value is -2.34. The number of rotatable bonds is 4. The topological polar surface area (TPSA) is 78.1 Å². The van der Waals surface area contributed by atoms with Crippen LogP contribution < -0.4 is 10.2 Å². The smallest absolute Gasteiger partial charge is 0.255 e. The molecule has 1 atom stereocenters. The van der Waals surface area contributed by atoms with E-state index in [0.29, 0.717) is 23.6 Å². The van der Waals surface area contributed by atoms with E-state index < -0.39 is 6.04 Å². The molecule has 1 saturated heterocycles. The predicted octanol–water partition coefficient (Wildman–Crippen LogP) is 2.72. The molecule has 2 N–H and O–H groups in total. The number of aromatic nitrogens is 2. The number of H-pyrrole nitrogens is 1. The molecule has 0 bridgehead atoms. The first-order chi connectivity index (χ1) is 11.5. The van der Waals surface area contributed by atoms with Gasteiger partial charge in [-0.05, 0) is 30.5 Å². The SMILES string of the molecule is CC(C)c1[nH]ncc1C(=O)NC1CCN(c2cccc(Cl)c2)C1=O. The Balaban J connectivity index is 1.72. The molecule has 2 aromatic rings. The molecular weight excluding hydrogens is 328 g/mol. The molecule has 24 heavy (non-hydrogen) atoms. The Morgan fingerprint density at radius 2 is 2.25 bits per heavy atom. The molecular formula is C17H19ClN4O2. The molecule has 0 radical (unpaired) electrons. The van der Waals surface area contributed by atoms with Crippen molar-refractivity contribution in [2.75, 3.05) is 11.4 Å². The van der Waals surface area contributed by atoms with Crippen LogP contribution in [0.4, 0.5) is 5.69 Å². The van der Waals surface area contributed by atoms with E-state index in [1.165, 1.54) is 6.20 Å². The standard InChI is InChI=1S/C17H19ClN4O2/c1-10(2)15-13(9-19-21-15)16(23)20-14-6-7-22(17(14)24)12-5-3-4-11(18)8-12/h3-5,8-10,14H,6-7H2,1-2H3,(H,19,21)(H,20,23). The lowest BCUT2D eigenvalue weighted by Gasteiger charge is -2.17. The van der Waals surface area contributed by atoms with Crippen molar-refractivity contribution < 1.29 is 9.59 Å². The van der Waals surface area contributed by atoms with Crippen molar-refractivity contribution in [3.63, 3.8) is 0 Å². The summed E-state index contributed by atoms with van der Waals surface area (Å²) in [5.41, 5.74) is 2.00. The number of hydrogen-bond donors (Lipinski definition) is 2. The van der Waals surface area contributed by atoms with Gasteiger partial charge in [-0.3, -0.25) is 14.7 Å². The highest BCUT2D eigenvalue weighted by Gasteiger charge is 2.34. The largest absolute Gasteiger partial charge is 0.340 e. The zero-order chi connectivity index (χ0) is 17.3. The van der Waals surface area contributed by atoms with Gasteiger partial charge in [0, 0.05) is 17.3 Å². The van der Waals surface area contributed by atoms with E-state index in [4.69, 9.17) is 11.6 Å². The lowest BCUT2D eigenvalue weighted by Crippen LogP contribution is -2.41. The van der Waals surface area contributed by atoms with Crippen LogP contribution in [0.1, 0.15) is 42.2 Å². The Bertz CT molecular complexity index is 771. The maximum absolute atomic E-state index is 12.6. The average molecular weight is 347 g/mol. The van der Waals surface area contributed by atoms with Crippen molar-refractivity contribution in [3.8, 4) is 0 Å². The van der Waals surface area contributed by atoms with Gasteiger partial charge in [0.2, 0.25) is 5.91 Å². The van der Waals surface area contributed by atoms with E-state index >= 15 is 0 Å². The molecule has 2 heterocycles. The van der Waals surface area contributed by atoms with Crippen LogP contribution in [0.3, 0.4) is 0 Å². The number of benzene rings is 1. The van der Waals surface area contributed by atoms with Crippen molar-refractivity contribution in [2.24, 2.45) is 0 Å². The van der Waals surface area contributed by atoms with E-state index in [1.54, 1.807) is 23.1 Å². The fraction of sp³-hybridized carbons (Fsp3) is 0.353. The van der Waals surface area contributed by atoms with Gasteiger partial charge in [-0.15, -0.1) is 0 Å². The maximum atomic E-state index is 12.6. The van der Waals surface area contributed by atoms with Gasteiger partial charge in [0.1, 0.15) is 6.04 Å². The molecule has 6 nitrogen and oxygen atoms in total. The summed E-state index contributed by atoms with van der Waals surface area (Å²) in [7, 11) is 0. The number of carbonyl (C=O) groups excluding carboxylic acids is 2. The summed E-state index contributed by atoms with van der Waals surface area (Å²) >= 11 is 5.99. The van der Waals surface area contributed by atoms with Crippen LogP contribution in [-0.2, 0) is 4.79 Å². The Morgan fingerprint density at radius 3 is 2.96 bits per heavy atom. The molecule has 1 aromatic heterocycles. The molecule has 2 amide bonds. The first-order valence-corrected chi connectivity index (χ1v) is 8.26. The van der Waals surface area contributed by atoms with Gasteiger partial charge in [-0.1, -0.05) is 31.5 Å². The summed E-state index contributed by atoms with van der Waals surface area (Å²) < 4.78 is 0. The van der Waals surface area contributed by atoms with Crippen LogP contribution in [-0.4, -0.2) is 34.6 Å². The molecule has 1 unspecified atom stereocenters. The van der Waals surface area contributed by atoms with Gasteiger partial charge in [-0.2, -0.15) is 5.10 Å². The fourth-order valence-corrected chi connectivity index (χ4v) is 3.05. The minimum Gasteiger partial charge on any atom is -0.340 e. The van der Waals surface area contributed by atoms with Gasteiger partial charge in [0.15, 0.2) is 0 Å². The number of carbonyl (C=O) groups is 2. The molecule has 1 aliphatic rings. The van der Waals surface area contributed by atoms with Crippen molar-refractivity contribution in [1.29, 1.82) is 0 Å². The number of anilines is 1. The summed E-state index contributed by atoms with van der Waals surface area (Å²) in [5, 5.41) is 10.2. The molecule has 1 fully saturated rings. The molecule has 0 saturated carbocycles.